The molecule has 0 aliphatic rings. The second kappa shape index (κ2) is 7.10. The van der Waals surface area contributed by atoms with Crippen LogP contribution in [0, 0.1) is 0 Å². The lowest BCUT2D eigenvalue weighted by molar-refractivity contribution is 0.0697. The number of alkyl halides is 1. The fraction of sp³-hybridized carbons (Fsp3) is 0.188. The van der Waals surface area contributed by atoms with Crippen LogP contribution in [0.15, 0.2) is 48.5 Å². The monoisotopic (exact) mass is 334 g/mol. The summed E-state index contributed by atoms with van der Waals surface area (Å²) in [5.74, 6) is -0.224. The zero-order valence-electron chi connectivity index (χ0n) is 10.9. The van der Waals surface area contributed by atoms with Crippen molar-refractivity contribution in [3.63, 3.8) is 0 Å². The molecule has 0 radical (unpaired) electrons. The average molecular weight is 335 g/mol. The molecule has 4 heteroatoms. The summed E-state index contributed by atoms with van der Waals surface area (Å²) in [6.07, 6.45) is 0.898. The third kappa shape index (κ3) is 3.39. The molecule has 104 valence electrons. The van der Waals surface area contributed by atoms with Gasteiger partial charge in [-0.25, -0.2) is 4.79 Å². The fourth-order valence-electron chi connectivity index (χ4n) is 1.96. The Hall–Kier alpha value is -1.81. The molecule has 0 aliphatic heterocycles. The van der Waals surface area contributed by atoms with Crippen LogP contribution in [0.5, 0.6) is 5.75 Å². The summed E-state index contributed by atoms with van der Waals surface area (Å²) in [5, 5.41) is 10.2. The molecule has 0 spiro atoms. The lowest BCUT2D eigenvalue weighted by Gasteiger charge is -2.12. The van der Waals surface area contributed by atoms with Gasteiger partial charge in [-0.2, -0.15) is 0 Å². The normalized spacial score (nSPS) is 10.2. The van der Waals surface area contributed by atoms with Crippen molar-refractivity contribution in [1.82, 2.24) is 0 Å². The van der Waals surface area contributed by atoms with Crippen molar-refractivity contribution in [3.05, 3.63) is 54.1 Å². The summed E-state index contributed by atoms with van der Waals surface area (Å²) in [5.41, 5.74) is 1.76. The minimum absolute atomic E-state index is 0.282. The average Bonchev–Trinajstić information content (AvgIpc) is 2.48. The van der Waals surface area contributed by atoms with E-state index in [-0.39, 0.29) is 5.56 Å². The smallest absolute Gasteiger partial charge is 0.336 e. The Morgan fingerprint density at radius 1 is 1.05 bits per heavy atom. The first-order valence-corrected chi connectivity index (χ1v) is 7.46. The lowest BCUT2D eigenvalue weighted by atomic mass is 9.99. The van der Waals surface area contributed by atoms with Crippen LogP contribution in [0.25, 0.3) is 11.1 Å². The van der Waals surface area contributed by atoms with Gasteiger partial charge in [0.15, 0.2) is 0 Å². The summed E-state index contributed by atoms with van der Waals surface area (Å²) < 4.78 is 5.74. The Kier molecular flexibility index (Phi) is 5.18. The molecule has 0 aromatic heterocycles. The van der Waals surface area contributed by atoms with Crippen molar-refractivity contribution in [2.75, 3.05) is 11.9 Å². The maximum Gasteiger partial charge on any atom is 0.336 e. The lowest BCUT2D eigenvalue weighted by Crippen LogP contribution is -2.02. The van der Waals surface area contributed by atoms with E-state index in [2.05, 4.69) is 15.9 Å². The first-order chi connectivity index (χ1) is 9.74. The molecule has 0 bridgehead atoms. The Morgan fingerprint density at radius 2 is 1.70 bits per heavy atom. The van der Waals surface area contributed by atoms with Crippen LogP contribution in [0.4, 0.5) is 0 Å². The number of carboxylic acids is 1. The van der Waals surface area contributed by atoms with E-state index in [0.29, 0.717) is 17.9 Å². The highest BCUT2D eigenvalue weighted by Crippen LogP contribution is 2.32. The highest BCUT2D eigenvalue weighted by molar-refractivity contribution is 9.09. The van der Waals surface area contributed by atoms with Crippen molar-refractivity contribution in [2.24, 2.45) is 0 Å². The zero-order valence-corrected chi connectivity index (χ0v) is 12.5. The Labute approximate surface area is 126 Å². The quantitative estimate of drug-likeness (QED) is 0.635. The number of halogens is 1. The van der Waals surface area contributed by atoms with E-state index < -0.39 is 5.97 Å². The van der Waals surface area contributed by atoms with E-state index >= 15 is 0 Å². The van der Waals surface area contributed by atoms with Crippen molar-refractivity contribution in [1.29, 1.82) is 0 Å². The van der Waals surface area contributed by atoms with Crippen molar-refractivity contribution >= 4 is 21.9 Å². The van der Waals surface area contributed by atoms with Crippen molar-refractivity contribution < 1.29 is 14.6 Å². The Morgan fingerprint density at radius 3 is 2.40 bits per heavy atom. The van der Waals surface area contributed by atoms with Gasteiger partial charge in [0.2, 0.25) is 0 Å². The van der Waals surface area contributed by atoms with Crippen LogP contribution in [0.1, 0.15) is 16.8 Å². The number of carbonyl (C=O) groups is 1. The van der Waals surface area contributed by atoms with Gasteiger partial charge in [-0.3, -0.25) is 0 Å². The summed E-state index contributed by atoms with van der Waals surface area (Å²) >= 11 is 3.36. The minimum Gasteiger partial charge on any atom is -0.493 e. The number of hydrogen-bond donors (Lipinski definition) is 1. The first kappa shape index (κ1) is 14.6. The van der Waals surface area contributed by atoms with E-state index in [1.165, 1.54) is 0 Å². The summed E-state index contributed by atoms with van der Waals surface area (Å²) in [6.45, 7) is 0.595. The fourth-order valence-corrected chi connectivity index (χ4v) is 2.19. The first-order valence-electron chi connectivity index (χ1n) is 6.34. The molecule has 0 fully saturated rings. The topological polar surface area (TPSA) is 46.5 Å². The van der Waals surface area contributed by atoms with Crippen LogP contribution < -0.4 is 4.74 Å². The number of benzene rings is 2. The van der Waals surface area contributed by atoms with Crippen LogP contribution in [-0.2, 0) is 0 Å². The molecule has 20 heavy (non-hydrogen) atoms. The molecule has 0 saturated heterocycles. The number of carboxylic acid groups (broad SMARTS) is 1. The highest BCUT2D eigenvalue weighted by atomic mass is 79.9. The molecule has 0 amide bonds. The van der Waals surface area contributed by atoms with E-state index in [9.17, 15) is 9.90 Å². The van der Waals surface area contributed by atoms with Gasteiger partial charge in [0.1, 0.15) is 5.75 Å². The van der Waals surface area contributed by atoms with Crippen LogP contribution >= 0.6 is 15.9 Å². The molecular weight excluding hydrogens is 320 g/mol. The van der Waals surface area contributed by atoms with Gasteiger partial charge in [0.05, 0.1) is 12.2 Å². The van der Waals surface area contributed by atoms with Crippen LogP contribution in [-0.4, -0.2) is 23.0 Å². The number of rotatable bonds is 6. The van der Waals surface area contributed by atoms with Crippen molar-refractivity contribution in [3.8, 4) is 16.9 Å². The molecule has 2 aromatic rings. The molecule has 2 rings (SSSR count). The Bertz CT molecular complexity index is 596. The van der Waals surface area contributed by atoms with Gasteiger partial charge in [-0.05, 0) is 24.1 Å². The maximum atomic E-state index is 11.3. The molecule has 3 nitrogen and oxygen atoms in total. The highest BCUT2D eigenvalue weighted by Gasteiger charge is 2.14. The third-order valence-corrected chi connectivity index (χ3v) is 3.43. The standard InChI is InChI=1S/C16H15BrO3/c17-10-5-11-20-15-9-4-3-7-13(15)12-6-1-2-8-14(12)16(18)19/h1-4,6-9H,5,10-11H2,(H,18,19). The van der Waals surface area contributed by atoms with Gasteiger partial charge in [-0.1, -0.05) is 52.3 Å². The molecule has 0 unspecified atom stereocenters. The van der Waals surface area contributed by atoms with E-state index in [0.717, 1.165) is 17.3 Å². The van der Waals surface area contributed by atoms with Gasteiger partial charge < -0.3 is 9.84 Å². The number of hydrogen-bond acceptors (Lipinski definition) is 2. The minimum atomic E-state index is -0.934. The summed E-state index contributed by atoms with van der Waals surface area (Å²) in [4.78, 5) is 11.3. The second-order valence-electron chi connectivity index (χ2n) is 4.24. The van der Waals surface area contributed by atoms with Gasteiger partial charge in [0.25, 0.3) is 0 Å². The van der Waals surface area contributed by atoms with Crippen LogP contribution in [0.3, 0.4) is 0 Å². The number of ether oxygens (including phenoxy) is 1. The number of para-hydroxylation sites is 1. The number of aromatic carboxylic acids is 1. The molecule has 0 heterocycles. The van der Waals surface area contributed by atoms with E-state index in [1.54, 1.807) is 18.2 Å². The summed E-state index contributed by atoms with van der Waals surface area (Å²) in [6, 6.07) is 14.5. The molecule has 0 aliphatic carbocycles. The van der Waals surface area contributed by atoms with E-state index in [4.69, 9.17) is 4.74 Å². The van der Waals surface area contributed by atoms with Gasteiger partial charge in [0, 0.05) is 10.9 Å². The predicted molar refractivity (Wildman–Crippen MR) is 82.7 cm³/mol. The van der Waals surface area contributed by atoms with Crippen LogP contribution in [0.2, 0.25) is 0 Å². The second-order valence-corrected chi connectivity index (χ2v) is 5.03. The predicted octanol–water partition coefficient (Wildman–Crippen LogP) is 4.22. The maximum absolute atomic E-state index is 11.3. The Balaban J connectivity index is 2.40. The largest absolute Gasteiger partial charge is 0.493 e. The summed E-state index contributed by atoms with van der Waals surface area (Å²) in [7, 11) is 0. The third-order valence-electron chi connectivity index (χ3n) is 2.87. The SMILES string of the molecule is O=C(O)c1ccccc1-c1ccccc1OCCCBr. The molecule has 0 atom stereocenters. The molecule has 0 saturated carbocycles. The van der Waals surface area contributed by atoms with Gasteiger partial charge >= 0.3 is 5.97 Å². The molecular formula is C16H15BrO3. The zero-order chi connectivity index (χ0) is 14.4. The van der Waals surface area contributed by atoms with E-state index in [1.807, 2.05) is 30.3 Å². The van der Waals surface area contributed by atoms with Gasteiger partial charge in [-0.15, -0.1) is 0 Å². The van der Waals surface area contributed by atoms with Crippen molar-refractivity contribution in [2.45, 2.75) is 6.42 Å². The molecule has 2 aromatic carbocycles. The molecule has 1 N–H and O–H groups in total.